The van der Waals surface area contributed by atoms with E-state index >= 15 is 0 Å². The second-order valence-corrected chi connectivity index (χ2v) is 5.43. The maximum absolute atomic E-state index is 11.7. The van der Waals surface area contributed by atoms with Crippen LogP contribution in [-0.2, 0) is 17.7 Å². The fraction of sp³-hybridized carbons (Fsp3) is 0.0667. The van der Waals surface area contributed by atoms with Crippen molar-refractivity contribution in [2.45, 2.75) is 6.42 Å². The van der Waals surface area contributed by atoms with Crippen molar-refractivity contribution in [3.8, 4) is 0 Å². The first-order valence-electron chi connectivity index (χ1n) is 6.54. The maximum Gasteiger partial charge on any atom is 0.272 e. The van der Waals surface area contributed by atoms with Gasteiger partial charge in [0.05, 0.1) is 11.1 Å². The zero-order valence-electron chi connectivity index (χ0n) is 11.4. The van der Waals surface area contributed by atoms with E-state index in [0.717, 1.165) is 16.6 Å². The number of benzene rings is 2. The molecule has 1 atom stereocenters. The standard InChI is InChI=1S/C15H13N3O3S/c19-15-13-4-2-1-3-12(13)14(16-17-15)9-10-5-7-11(8-6-10)18-22(20)21/h1-8,18H,9H2,(H,17,19)(H,20,21)/p-1. The van der Waals surface area contributed by atoms with E-state index in [2.05, 4.69) is 14.9 Å². The Labute approximate surface area is 128 Å². The number of nitrogens with zero attached hydrogens (tertiary/aromatic N) is 1. The second kappa shape index (κ2) is 6.08. The van der Waals surface area contributed by atoms with Crippen molar-refractivity contribution in [1.29, 1.82) is 0 Å². The normalized spacial score (nSPS) is 12.2. The molecule has 0 spiro atoms. The lowest BCUT2D eigenvalue weighted by molar-refractivity contribution is 0.542. The van der Waals surface area contributed by atoms with Gasteiger partial charge >= 0.3 is 0 Å². The molecule has 1 unspecified atom stereocenters. The molecular formula is C15H12N3O3S-. The zero-order chi connectivity index (χ0) is 15.5. The molecule has 2 N–H and O–H groups in total. The van der Waals surface area contributed by atoms with Gasteiger partial charge in [0.1, 0.15) is 0 Å². The van der Waals surface area contributed by atoms with Crippen molar-refractivity contribution in [3.05, 3.63) is 70.1 Å². The molecule has 1 aromatic heterocycles. The van der Waals surface area contributed by atoms with Crippen LogP contribution in [0.5, 0.6) is 0 Å². The Balaban J connectivity index is 1.92. The van der Waals surface area contributed by atoms with Crippen molar-refractivity contribution in [2.24, 2.45) is 0 Å². The van der Waals surface area contributed by atoms with Crippen molar-refractivity contribution in [1.82, 2.24) is 10.2 Å². The highest BCUT2D eigenvalue weighted by Crippen LogP contribution is 2.17. The van der Waals surface area contributed by atoms with Gasteiger partial charge in [-0.25, -0.2) is 5.10 Å². The quantitative estimate of drug-likeness (QED) is 0.716. The summed E-state index contributed by atoms with van der Waals surface area (Å²) in [4.78, 5) is 11.7. The van der Waals surface area contributed by atoms with Crippen LogP contribution in [-0.4, -0.2) is 19.0 Å². The fourth-order valence-electron chi connectivity index (χ4n) is 2.29. The summed E-state index contributed by atoms with van der Waals surface area (Å²) >= 11 is -2.33. The van der Waals surface area contributed by atoms with E-state index in [1.165, 1.54) is 0 Å². The molecule has 0 amide bonds. The smallest absolute Gasteiger partial charge is 0.272 e. The van der Waals surface area contributed by atoms with E-state index in [0.29, 0.717) is 17.5 Å². The fourth-order valence-corrected chi connectivity index (χ4v) is 2.61. The topological polar surface area (TPSA) is 97.9 Å². The van der Waals surface area contributed by atoms with E-state index in [4.69, 9.17) is 0 Å². The first kappa shape index (κ1) is 14.4. The molecule has 0 saturated carbocycles. The van der Waals surface area contributed by atoms with E-state index in [1.807, 2.05) is 30.3 Å². The third-order valence-electron chi connectivity index (χ3n) is 3.30. The van der Waals surface area contributed by atoms with Crippen molar-refractivity contribution < 1.29 is 8.76 Å². The molecule has 0 aliphatic rings. The molecule has 2 aromatic carbocycles. The van der Waals surface area contributed by atoms with Gasteiger partial charge in [-0.05, 0) is 23.8 Å². The van der Waals surface area contributed by atoms with Gasteiger partial charge in [0, 0.05) is 28.8 Å². The molecule has 7 heteroatoms. The van der Waals surface area contributed by atoms with E-state index in [-0.39, 0.29) is 5.56 Å². The predicted molar refractivity (Wildman–Crippen MR) is 84.2 cm³/mol. The molecule has 0 aliphatic carbocycles. The summed E-state index contributed by atoms with van der Waals surface area (Å²) in [5, 5.41) is 8.04. The zero-order valence-corrected chi connectivity index (χ0v) is 12.2. The lowest BCUT2D eigenvalue weighted by Crippen LogP contribution is -2.11. The van der Waals surface area contributed by atoms with Crippen molar-refractivity contribution in [3.63, 3.8) is 0 Å². The van der Waals surface area contributed by atoms with Crippen LogP contribution in [0.4, 0.5) is 5.69 Å². The average molecular weight is 314 g/mol. The molecule has 0 fully saturated rings. The van der Waals surface area contributed by atoms with Crippen LogP contribution < -0.4 is 10.3 Å². The Morgan fingerprint density at radius 1 is 1.09 bits per heavy atom. The summed E-state index contributed by atoms with van der Waals surface area (Å²) in [5.41, 5.74) is 2.02. The summed E-state index contributed by atoms with van der Waals surface area (Å²) < 4.78 is 23.4. The van der Waals surface area contributed by atoms with E-state index in [9.17, 15) is 13.6 Å². The number of rotatable bonds is 4. The van der Waals surface area contributed by atoms with Gasteiger partial charge in [-0.1, -0.05) is 30.3 Å². The van der Waals surface area contributed by atoms with Crippen molar-refractivity contribution in [2.75, 3.05) is 4.72 Å². The third-order valence-corrected chi connectivity index (χ3v) is 3.70. The summed E-state index contributed by atoms with van der Waals surface area (Å²) in [5.74, 6) is 0. The minimum atomic E-state index is -2.33. The molecule has 22 heavy (non-hydrogen) atoms. The number of fused-ring (bicyclic) bond motifs is 1. The SMILES string of the molecule is O=c1[nH]nc(Cc2ccc(NS(=O)[O-])cc2)c2ccccc12. The lowest BCUT2D eigenvalue weighted by atomic mass is 10.0. The first-order valence-corrected chi connectivity index (χ1v) is 7.62. The predicted octanol–water partition coefficient (Wildman–Crippen LogP) is 1.72. The first-order chi connectivity index (χ1) is 10.6. The molecule has 3 rings (SSSR count). The minimum Gasteiger partial charge on any atom is -0.755 e. The van der Waals surface area contributed by atoms with Crippen LogP contribution in [0.1, 0.15) is 11.3 Å². The van der Waals surface area contributed by atoms with Gasteiger partial charge < -0.3 is 9.27 Å². The number of hydrogen-bond donors (Lipinski definition) is 2. The van der Waals surface area contributed by atoms with Gasteiger partial charge in [-0.3, -0.25) is 9.00 Å². The summed E-state index contributed by atoms with van der Waals surface area (Å²) in [6.07, 6.45) is 0.540. The monoisotopic (exact) mass is 314 g/mol. The highest BCUT2D eigenvalue weighted by atomic mass is 32.2. The number of nitrogens with one attached hydrogen (secondary N) is 2. The maximum atomic E-state index is 11.7. The molecular weight excluding hydrogens is 302 g/mol. The number of aromatic amines is 1. The number of anilines is 1. The molecule has 0 aliphatic heterocycles. The van der Waals surface area contributed by atoms with Gasteiger partial charge in [0.2, 0.25) is 0 Å². The molecule has 0 bridgehead atoms. The third kappa shape index (κ3) is 3.05. The number of H-pyrrole nitrogens is 1. The molecule has 112 valence electrons. The van der Waals surface area contributed by atoms with Crippen LogP contribution in [0.3, 0.4) is 0 Å². The molecule has 1 heterocycles. The highest BCUT2D eigenvalue weighted by Gasteiger charge is 2.06. The number of aromatic nitrogens is 2. The lowest BCUT2D eigenvalue weighted by Gasteiger charge is -2.09. The van der Waals surface area contributed by atoms with Crippen LogP contribution in [0, 0.1) is 0 Å². The van der Waals surface area contributed by atoms with Crippen LogP contribution in [0.2, 0.25) is 0 Å². The summed E-state index contributed by atoms with van der Waals surface area (Å²) in [6.45, 7) is 0. The van der Waals surface area contributed by atoms with Gasteiger partial charge in [0.15, 0.2) is 0 Å². The molecule has 3 aromatic rings. The van der Waals surface area contributed by atoms with Crippen LogP contribution in [0.25, 0.3) is 10.8 Å². The average Bonchev–Trinajstić information content (AvgIpc) is 2.52. The Hall–Kier alpha value is -2.51. The summed E-state index contributed by atoms with van der Waals surface area (Å²) in [7, 11) is 0. The Morgan fingerprint density at radius 2 is 1.77 bits per heavy atom. The Morgan fingerprint density at radius 3 is 2.45 bits per heavy atom. The highest BCUT2D eigenvalue weighted by molar-refractivity contribution is 7.80. The second-order valence-electron chi connectivity index (χ2n) is 4.76. The van der Waals surface area contributed by atoms with E-state index < -0.39 is 11.3 Å². The van der Waals surface area contributed by atoms with Crippen LogP contribution >= 0.6 is 0 Å². The number of hydrogen-bond acceptors (Lipinski definition) is 4. The molecule has 0 saturated heterocycles. The van der Waals surface area contributed by atoms with Crippen LogP contribution in [0.15, 0.2) is 53.3 Å². The van der Waals surface area contributed by atoms with E-state index in [1.54, 1.807) is 18.2 Å². The largest absolute Gasteiger partial charge is 0.755 e. The summed E-state index contributed by atoms with van der Waals surface area (Å²) in [6, 6.07) is 14.3. The van der Waals surface area contributed by atoms with Gasteiger partial charge in [-0.15, -0.1) is 0 Å². The molecule has 6 nitrogen and oxygen atoms in total. The van der Waals surface area contributed by atoms with Crippen molar-refractivity contribution >= 4 is 27.7 Å². The van der Waals surface area contributed by atoms with Gasteiger partial charge in [0.25, 0.3) is 5.56 Å². The van der Waals surface area contributed by atoms with Gasteiger partial charge in [-0.2, -0.15) is 5.10 Å². The molecule has 0 radical (unpaired) electrons. The Bertz CT molecular complexity index is 890. The Kier molecular flexibility index (Phi) is 3.99. The minimum absolute atomic E-state index is 0.211.